The maximum atomic E-state index is 9.47. The van der Waals surface area contributed by atoms with Crippen LogP contribution in [0.5, 0.6) is 0 Å². The number of hydrogen-bond acceptors (Lipinski definition) is 3. The first-order valence-corrected chi connectivity index (χ1v) is 7.10. The van der Waals surface area contributed by atoms with Crippen molar-refractivity contribution in [3.63, 3.8) is 0 Å². The zero-order valence-corrected chi connectivity index (χ0v) is 11.5. The molecule has 0 aliphatic carbocycles. The van der Waals surface area contributed by atoms with Gasteiger partial charge in [0, 0.05) is 19.6 Å². The van der Waals surface area contributed by atoms with E-state index < -0.39 is 0 Å². The maximum absolute atomic E-state index is 9.47. The van der Waals surface area contributed by atoms with Gasteiger partial charge in [-0.2, -0.15) is 5.26 Å². The zero-order chi connectivity index (χ0) is 12.6. The fraction of sp³-hybridized carbons (Fsp3) is 0.929. The Morgan fingerprint density at radius 2 is 2.06 bits per heavy atom. The Kier molecular flexibility index (Phi) is 6.54. The highest BCUT2D eigenvalue weighted by molar-refractivity contribution is 5.05. The van der Waals surface area contributed by atoms with Gasteiger partial charge in [0.15, 0.2) is 0 Å². The van der Waals surface area contributed by atoms with Crippen molar-refractivity contribution in [1.82, 2.24) is 10.2 Å². The molecule has 0 saturated carbocycles. The smallest absolute Gasteiger partial charge is 0.106 e. The third kappa shape index (κ3) is 4.65. The Bertz CT molecular complexity index is 238. The van der Waals surface area contributed by atoms with Gasteiger partial charge in [0.1, 0.15) is 5.54 Å². The van der Waals surface area contributed by atoms with E-state index in [0.29, 0.717) is 0 Å². The van der Waals surface area contributed by atoms with E-state index in [4.69, 9.17) is 0 Å². The molecule has 0 aromatic rings. The first kappa shape index (κ1) is 14.5. The van der Waals surface area contributed by atoms with E-state index >= 15 is 0 Å². The van der Waals surface area contributed by atoms with Crippen LogP contribution in [-0.4, -0.2) is 36.6 Å². The van der Waals surface area contributed by atoms with Gasteiger partial charge in [0.05, 0.1) is 6.07 Å². The van der Waals surface area contributed by atoms with Gasteiger partial charge in [-0.3, -0.25) is 4.90 Å². The van der Waals surface area contributed by atoms with Crippen molar-refractivity contribution in [2.75, 3.05) is 26.2 Å². The summed E-state index contributed by atoms with van der Waals surface area (Å²) in [6.45, 7) is 8.52. The summed E-state index contributed by atoms with van der Waals surface area (Å²) in [6.07, 6.45) is 7.18. The van der Waals surface area contributed by atoms with Crippen molar-refractivity contribution in [1.29, 1.82) is 5.26 Å². The molecule has 1 fully saturated rings. The van der Waals surface area contributed by atoms with Gasteiger partial charge in [-0.15, -0.1) is 0 Å². The average molecular weight is 237 g/mol. The molecule has 1 aliphatic heterocycles. The number of nitrogens with zero attached hydrogens (tertiary/aromatic N) is 2. The van der Waals surface area contributed by atoms with Crippen LogP contribution in [0.25, 0.3) is 0 Å². The van der Waals surface area contributed by atoms with Crippen LogP contribution in [0.3, 0.4) is 0 Å². The molecule has 1 heterocycles. The van der Waals surface area contributed by atoms with Gasteiger partial charge in [-0.1, -0.05) is 32.6 Å². The summed E-state index contributed by atoms with van der Waals surface area (Å²) in [7, 11) is 0. The van der Waals surface area contributed by atoms with Crippen LogP contribution in [0.4, 0.5) is 0 Å². The number of nitrogens with one attached hydrogen (secondary N) is 1. The highest BCUT2D eigenvalue weighted by Crippen LogP contribution is 2.23. The summed E-state index contributed by atoms with van der Waals surface area (Å²) in [4.78, 5) is 2.37. The molecule has 0 aromatic carbocycles. The number of rotatable bonds is 6. The van der Waals surface area contributed by atoms with Crippen LogP contribution >= 0.6 is 0 Å². The third-order valence-electron chi connectivity index (χ3n) is 3.80. The highest BCUT2D eigenvalue weighted by atomic mass is 15.2. The quantitative estimate of drug-likeness (QED) is 0.722. The lowest BCUT2D eigenvalue weighted by Crippen LogP contribution is -2.46. The standard InChI is InChI=1S/C14H27N3/c1-3-4-5-6-8-14(2,13-15)17-11-7-9-16-10-12-17/h16H,3-12H2,1-2H3. The first-order chi connectivity index (χ1) is 8.23. The normalized spacial score (nSPS) is 21.5. The highest BCUT2D eigenvalue weighted by Gasteiger charge is 2.31. The molecule has 1 aliphatic rings. The third-order valence-corrected chi connectivity index (χ3v) is 3.80. The van der Waals surface area contributed by atoms with E-state index in [1.165, 1.54) is 25.7 Å². The lowest BCUT2D eigenvalue weighted by molar-refractivity contribution is 0.149. The van der Waals surface area contributed by atoms with Gasteiger partial charge in [-0.05, 0) is 26.3 Å². The van der Waals surface area contributed by atoms with Gasteiger partial charge >= 0.3 is 0 Å². The number of nitriles is 1. The van der Waals surface area contributed by atoms with Crippen molar-refractivity contribution >= 4 is 0 Å². The van der Waals surface area contributed by atoms with Crippen molar-refractivity contribution in [2.24, 2.45) is 0 Å². The van der Waals surface area contributed by atoms with Crippen molar-refractivity contribution in [2.45, 2.75) is 57.9 Å². The molecular weight excluding hydrogens is 210 g/mol. The van der Waals surface area contributed by atoms with E-state index in [2.05, 4.69) is 30.1 Å². The summed E-state index contributed by atoms with van der Waals surface area (Å²) in [6, 6.07) is 2.55. The Labute approximate surface area is 106 Å². The Morgan fingerprint density at radius 3 is 2.76 bits per heavy atom. The molecule has 0 radical (unpaired) electrons. The van der Waals surface area contributed by atoms with Crippen LogP contribution in [0.1, 0.15) is 52.4 Å². The van der Waals surface area contributed by atoms with Crippen LogP contribution < -0.4 is 5.32 Å². The molecule has 1 N–H and O–H groups in total. The van der Waals surface area contributed by atoms with Crippen LogP contribution in [0, 0.1) is 11.3 Å². The van der Waals surface area contributed by atoms with Crippen molar-refractivity contribution in [3.8, 4) is 6.07 Å². The lowest BCUT2D eigenvalue weighted by Gasteiger charge is -2.35. The minimum Gasteiger partial charge on any atom is -0.315 e. The second-order valence-corrected chi connectivity index (χ2v) is 5.29. The predicted molar refractivity (Wildman–Crippen MR) is 71.8 cm³/mol. The largest absolute Gasteiger partial charge is 0.315 e. The van der Waals surface area contributed by atoms with Crippen LogP contribution in [0.15, 0.2) is 0 Å². The molecule has 1 atom stereocenters. The topological polar surface area (TPSA) is 39.1 Å². The molecule has 98 valence electrons. The molecular formula is C14H27N3. The van der Waals surface area contributed by atoms with E-state index in [1.807, 2.05) is 0 Å². The minimum absolute atomic E-state index is 0.250. The molecule has 1 unspecified atom stereocenters. The zero-order valence-electron chi connectivity index (χ0n) is 11.5. The molecule has 3 heteroatoms. The predicted octanol–water partition coefficient (Wildman–Crippen LogP) is 2.53. The van der Waals surface area contributed by atoms with Gasteiger partial charge in [-0.25, -0.2) is 0 Å². The van der Waals surface area contributed by atoms with E-state index in [0.717, 1.165) is 39.0 Å². The maximum Gasteiger partial charge on any atom is 0.106 e. The minimum atomic E-state index is -0.250. The fourth-order valence-corrected chi connectivity index (χ4v) is 2.52. The molecule has 1 rings (SSSR count). The molecule has 3 nitrogen and oxygen atoms in total. The SMILES string of the molecule is CCCCCCC(C)(C#N)N1CCCNCC1. The first-order valence-electron chi connectivity index (χ1n) is 7.10. The number of unbranched alkanes of at least 4 members (excludes halogenated alkanes) is 3. The van der Waals surface area contributed by atoms with Crippen molar-refractivity contribution in [3.05, 3.63) is 0 Å². The summed E-state index contributed by atoms with van der Waals surface area (Å²) >= 11 is 0. The Morgan fingerprint density at radius 1 is 1.24 bits per heavy atom. The summed E-state index contributed by atoms with van der Waals surface area (Å²) < 4.78 is 0. The molecule has 0 spiro atoms. The van der Waals surface area contributed by atoms with Crippen LogP contribution in [0.2, 0.25) is 0 Å². The fourth-order valence-electron chi connectivity index (χ4n) is 2.52. The van der Waals surface area contributed by atoms with E-state index in [1.54, 1.807) is 0 Å². The molecule has 0 aromatic heterocycles. The summed E-state index contributed by atoms with van der Waals surface area (Å²) in [5.41, 5.74) is -0.250. The van der Waals surface area contributed by atoms with E-state index in [9.17, 15) is 5.26 Å². The van der Waals surface area contributed by atoms with Gasteiger partial charge in [0.25, 0.3) is 0 Å². The van der Waals surface area contributed by atoms with Crippen molar-refractivity contribution < 1.29 is 0 Å². The number of hydrogen-bond donors (Lipinski definition) is 1. The Balaban J connectivity index is 2.44. The molecule has 1 saturated heterocycles. The Hall–Kier alpha value is -0.590. The summed E-state index contributed by atoms with van der Waals surface area (Å²) in [5.74, 6) is 0. The lowest BCUT2D eigenvalue weighted by atomic mass is 9.93. The second kappa shape index (κ2) is 7.68. The monoisotopic (exact) mass is 237 g/mol. The second-order valence-electron chi connectivity index (χ2n) is 5.29. The molecule has 0 amide bonds. The van der Waals surface area contributed by atoms with Gasteiger partial charge < -0.3 is 5.32 Å². The molecule has 0 bridgehead atoms. The van der Waals surface area contributed by atoms with Crippen LogP contribution in [-0.2, 0) is 0 Å². The average Bonchev–Trinajstić information content (AvgIpc) is 2.63. The summed E-state index contributed by atoms with van der Waals surface area (Å²) in [5, 5.41) is 12.9. The van der Waals surface area contributed by atoms with Gasteiger partial charge in [0.2, 0.25) is 0 Å². The molecule has 17 heavy (non-hydrogen) atoms. The van der Waals surface area contributed by atoms with E-state index in [-0.39, 0.29) is 5.54 Å².